The molecule has 0 radical (unpaired) electrons. The largest absolute Gasteiger partial charge is 0.444 e. The first-order valence-corrected chi connectivity index (χ1v) is 4.12. The maximum atomic E-state index is 11.3. The van der Waals surface area contributed by atoms with Crippen LogP contribution in [0.3, 0.4) is 0 Å². The van der Waals surface area contributed by atoms with Crippen LogP contribution < -0.4 is 0 Å². The predicted octanol–water partition coefficient (Wildman–Crippen LogP) is 1.27. The summed E-state index contributed by atoms with van der Waals surface area (Å²) >= 11 is 0. The van der Waals surface area contributed by atoms with Crippen LogP contribution in [0.25, 0.3) is 0 Å². The van der Waals surface area contributed by atoms with Gasteiger partial charge in [0, 0.05) is 0 Å². The van der Waals surface area contributed by atoms with Crippen molar-refractivity contribution in [2.24, 2.45) is 0 Å². The summed E-state index contributed by atoms with van der Waals surface area (Å²) in [5.41, 5.74) is -0.611. The average molecular weight is 195 g/mol. The van der Waals surface area contributed by atoms with Gasteiger partial charge in [0.2, 0.25) is 0 Å². The molecule has 0 bridgehead atoms. The Balaban J connectivity index is 4.32. The van der Waals surface area contributed by atoms with E-state index in [1.54, 1.807) is 32.9 Å². The Morgan fingerprint density at radius 2 is 1.71 bits per heavy atom. The number of nitrogens with zero attached hydrogens (tertiary/aromatic N) is 3. The lowest BCUT2D eigenvalue weighted by molar-refractivity contribution is 0.0297. The molecule has 0 saturated heterocycles. The second-order valence-electron chi connectivity index (χ2n) is 3.65. The number of nitriles is 2. The molecule has 0 fully saturated rings. The molecular weight excluding hydrogens is 182 g/mol. The summed E-state index contributed by atoms with van der Waals surface area (Å²) in [6, 6.07) is 3.59. The summed E-state index contributed by atoms with van der Waals surface area (Å²) in [6.45, 7) is 4.90. The van der Waals surface area contributed by atoms with E-state index in [-0.39, 0.29) is 13.1 Å². The Morgan fingerprint density at radius 1 is 1.29 bits per heavy atom. The van der Waals surface area contributed by atoms with Crippen LogP contribution in [0, 0.1) is 22.7 Å². The molecule has 0 aliphatic rings. The van der Waals surface area contributed by atoms with Crippen molar-refractivity contribution in [1.82, 2.24) is 4.90 Å². The van der Waals surface area contributed by atoms with Crippen molar-refractivity contribution in [2.45, 2.75) is 26.4 Å². The first kappa shape index (κ1) is 12.2. The first-order chi connectivity index (χ1) is 6.40. The summed E-state index contributed by atoms with van der Waals surface area (Å²) in [6.07, 6.45) is -0.638. The normalized spacial score (nSPS) is 9.79. The lowest BCUT2D eigenvalue weighted by atomic mass is 10.2. The molecule has 0 atom stereocenters. The van der Waals surface area contributed by atoms with E-state index in [4.69, 9.17) is 15.3 Å². The highest BCUT2D eigenvalue weighted by atomic mass is 16.6. The average Bonchev–Trinajstić information content (AvgIpc) is 2.01. The Labute approximate surface area is 83.5 Å². The van der Waals surface area contributed by atoms with Gasteiger partial charge in [-0.1, -0.05) is 0 Å². The topological polar surface area (TPSA) is 77.1 Å². The summed E-state index contributed by atoms with van der Waals surface area (Å²) in [7, 11) is 0. The number of amides is 1. The lowest BCUT2D eigenvalue weighted by Gasteiger charge is -2.24. The molecule has 0 aromatic carbocycles. The zero-order valence-electron chi connectivity index (χ0n) is 8.57. The fourth-order valence-corrected chi connectivity index (χ4v) is 0.682. The summed E-state index contributed by atoms with van der Waals surface area (Å²) < 4.78 is 4.99. The van der Waals surface area contributed by atoms with Crippen LogP contribution in [0.5, 0.6) is 0 Å². The smallest absolute Gasteiger partial charge is 0.412 e. The molecule has 0 spiro atoms. The minimum atomic E-state index is -0.638. The van der Waals surface area contributed by atoms with Gasteiger partial charge in [0.1, 0.15) is 18.7 Å². The van der Waals surface area contributed by atoms with Crippen LogP contribution >= 0.6 is 0 Å². The van der Waals surface area contributed by atoms with Crippen molar-refractivity contribution in [1.29, 1.82) is 10.5 Å². The quantitative estimate of drug-likeness (QED) is 0.621. The number of hydrogen-bond donors (Lipinski definition) is 0. The summed E-state index contributed by atoms with van der Waals surface area (Å²) in [5, 5.41) is 16.8. The third-order valence-electron chi connectivity index (χ3n) is 1.17. The number of ether oxygens (including phenoxy) is 1. The van der Waals surface area contributed by atoms with Crippen LogP contribution in [0.1, 0.15) is 20.8 Å². The van der Waals surface area contributed by atoms with Gasteiger partial charge in [0.25, 0.3) is 0 Å². The monoisotopic (exact) mass is 195 g/mol. The Bertz CT molecular complexity index is 264. The third kappa shape index (κ3) is 5.00. The molecule has 0 rings (SSSR count). The van der Waals surface area contributed by atoms with Gasteiger partial charge in [0.05, 0.1) is 12.1 Å². The van der Waals surface area contributed by atoms with E-state index >= 15 is 0 Å². The van der Waals surface area contributed by atoms with E-state index in [2.05, 4.69) is 0 Å². The van der Waals surface area contributed by atoms with Gasteiger partial charge in [0.15, 0.2) is 0 Å². The number of rotatable bonds is 2. The van der Waals surface area contributed by atoms with Gasteiger partial charge < -0.3 is 4.74 Å². The van der Waals surface area contributed by atoms with E-state index in [1.807, 2.05) is 0 Å². The zero-order chi connectivity index (χ0) is 11.2. The van der Waals surface area contributed by atoms with Gasteiger partial charge in [-0.3, -0.25) is 4.90 Å². The molecule has 0 aromatic heterocycles. The Kier molecular flexibility index (Phi) is 4.45. The number of hydrogen-bond acceptors (Lipinski definition) is 4. The van der Waals surface area contributed by atoms with E-state index in [9.17, 15) is 4.79 Å². The Hall–Kier alpha value is -1.75. The molecule has 0 unspecified atom stereocenters. The van der Waals surface area contributed by atoms with Crippen molar-refractivity contribution >= 4 is 6.09 Å². The molecule has 1 amide bonds. The van der Waals surface area contributed by atoms with E-state index in [1.165, 1.54) is 0 Å². The lowest BCUT2D eigenvalue weighted by Crippen LogP contribution is -2.37. The van der Waals surface area contributed by atoms with Gasteiger partial charge in [-0.15, -0.1) is 0 Å². The maximum absolute atomic E-state index is 11.3. The van der Waals surface area contributed by atoms with Crippen LogP contribution in [0.2, 0.25) is 0 Å². The molecule has 76 valence electrons. The number of carbonyl (C=O) groups is 1. The maximum Gasteiger partial charge on any atom is 0.412 e. The summed E-state index contributed by atoms with van der Waals surface area (Å²) in [4.78, 5) is 12.4. The highest BCUT2D eigenvalue weighted by Gasteiger charge is 2.21. The van der Waals surface area contributed by atoms with Gasteiger partial charge in [-0.05, 0) is 20.8 Å². The molecule has 5 nitrogen and oxygen atoms in total. The zero-order valence-corrected chi connectivity index (χ0v) is 8.57. The number of carbonyl (C=O) groups excluding carboxylic acids is 1. The Morgan fingerprint density at radius 3 is 2.00 bits per heavy atom. The molecular formula is C9H13N3O2. The molecule has 5 heteroatoms. The van der Waals surface area contributed by atoms with Crippen molar-refractivity contribution in [3.63, 3.8) is 0 Å². The second kappa shape index (κ2) is 5.08. The van der Waals surface area contributed by atoms with Crippen LogP contribution in [0.15, 0.2) is 0 Å². The minimum absolute atomic E-state index is 0.136. The van der Waals surface area contributed by atoms with Crippen LogP contribution in [-0.2, 0) is 4.74 Å². The molecule has 0 heterocycles. The van der Waals surface area contributed by atoms with E-state index < -0.39 is 11.7 Å². The molecule has 0 aliphatic heterocycles. The molecule has 0 saturated carbocycles. The van der Waals surface area contributed by atoms with Crippen molar-refractivity contribution in [2.75, 3.05) is 13.1 Å². The molecule has 14 heavy (non-hydrogen) atoms. The summed E-state index contributed by atoms with van der Waals surface area (Å²) in [5.74, 6) is 0. The molecule has 0 N–H and O–H groups in total. The first-order valence-electron chi connectivity index (χ1n) is 4.12. The highest BCUT2D eigenvalue weighted by molar-refractivity contribution is 5.68. The third-order valence-corrected chi connectivity index (χ3v) is 1.17. The van der Waals surface area contributed by atoms with Crippen molar-refractivity contribution in [3.8, 4) is 12.1 Å². The van der Waals surface area contributed by atoms with E-state index in [0.717, 1.165) is 4.90 Å². The molecule has 0 aromatic rings. The fraction of sp³-hybridized carbons (Fsp3) is 0.667. The second-order valence-corrected chi connectivity index (χ2v) is 3.65. The van der Waals surface area contributed by atoms with Crippen molar-refractivity contribution < 1.29 is 9.53 Å². The van der Waals surface area contributed by atoms with E-state index in [0.29, 0.717) is 0 Å². The van der Waals surface area contributed by atoms with Gasteiger partial charge in [-0.2, -0.15) is 10.5 Å². The van der Waals surface area contributed by atoms with Crippen LogP contribution in [0.4, 0.5) is 4.79 Å². The standard InChI is InChI=1S/C9H13N3O2/c1-9(2,3)14-8(13)12(6-4-10)7-5-11/h6-7H2,1-3H3. The highest BCUT2D eigenvalue weighted by Crippen LogP contribution is 2.09. The predicted molar refractivity (Wildman–Crippen MR) is 49.0 cm³/mol. The van der Waals surface area contributed by atoms with Crippen LogP contribution in [-0.4, -0.2) is 29.7 Å². The SMILES string of the molecule is CC(C)(C)OC(=O)N(CC#N)CC#N. The minimum Gasteiger partial charge on any atom is -0.444 e. The van der Waals surface area contributed by atoms with Gasteiger partial charge in [-0.25, -0.2) is 4.79 Å². The molecule has 0 aliphatic carbocycles. The van der Waals surface area contributed by atoms with Crippen molar-refractivity contribution in [3.05, 3.63) is 0 Å². The fourth-order valence-electron chi connectivity index (χ4n) is 0.682. The van der Waals surface area contributed by atoms with Gasteiger partial charge >= 0.3 is 6.09 Å².